The van der Waals surface area contributed by atoms with E-state index in [2.05, 4.69) is 15.3 Å². The number of fused-ring (bicyclic) bond motifs is 1. The third-order valence-corrected chi connectivity index (χ3v) is 4.61. The lowest BCUT2D eigenvalue weighted by molar-refractivity contribution is 0.0856. The predicted molar refractivity (Wildman–Crippen MR) is 102 cm³/mol. The van der Waals surface area contributed by atoms with Crippen molar-refractivity contribution < 1.29 is 32.6 Å². The standard InChI is InChI=1S/C20H19F2N3O5/c1-11(24-19(26)27)9-29-17-6-16-15(8-23-17)25-18(30-16)12-2-4-14(5-3-12)28-10-13-7-20(13,21)22/h2-6,8,11,13,24H,7,9-10H2,1H3,(H,26,27)/t11-,13+/m0/s1. The van der Waals surface area contributed by atoms with E-state index >= 15 is 0 Å². The van der Waals surface area contributed by atoms with Gasteiger partial charge in [0.05, 0.1) is 24.8 Å². The van der Waals surface area contributed by atoms with Crippen molar-refractivity contribution in [2.24, 2.45) is 5.92 Å². The van der Waals surface area contributed by atoms with Crippen molar-refractivity contribution in [3.63, 3.8) is 0 Å². The number of carboxylic acid groups (broad SMARTS) is 1. The lowest BCUT2D eigenvalue weighted by Crippen LogP contribution is -2.35. The SMILES string of the molecule is C[C@@H](COc1cc2oc(-c3ccc(OC[C@H]4CC4(F)F)cc3)nc2cn1)NC(=O)O. The van der Waals surface area contributed by atoms with E-state index in [0.29, 0.717) is 28.3 Å². The van der Waals surface area contributed by atoms with Gasteiger partial charge < -0.3 is 24.3 Å². The summed E-state index contributed by atoms with van der Waals surface area (Å²) in [6, 6.07) is 7.98. The van der Waals surface area contributed by atoms with E-state index < -0.39 is 24.0 Å². The van der Waals surface area contributed by atoms with E-state index in [1.807, 2.05) is 0 Å². The van der Waals surface area contributed by atoms with Crippen LogP contribution in [0.2, 0.25) is 0 Å². The molecule has 1 saturated carbocycles. The molecule has 2 N–H and O–H groups in total. The number of hydrogen-bond acceptors (Lipinski definition) is 6. The molecule has 2 heterocycles. The summed E-state index contributed by atoms with van der Waals surface area (Å²) in [7, 11) is 0. The average molecular weight is 419 g/mol. The van der Waals surface area contributed by atoms with E-state index in [-0.39, 0.29) is 25.5 Å². The Bertz CT molecular complexity index is 1050. The van der Waals surface area contributed by atoms with Crippen molar-refractivity contribution in [3.8, 4) is 23.1 Å². The van der Waals surface area contributed by atoms with Gasteiger partial charge in [-0.1, -0.05) is 0 Å². The molecule has 2 atom stereocenters. The summed E-state index contributed by atoms with van der Waals surface area (Å²) in [5.41, 5.74) is 1.69. The molecule has 1 fully saturated rings. The number of ether oxygens (including phenoxy) is 2. The van der Waals surface area contributed by atoms with Gasteiger partial charge in [-0.15, -0.1) is 0 Å². The minimum absolute atomic E-state index is 0.00964. The van der Waals surface area contributed by atoms with Crippen molar-refractivity contribution in [2.45, 2.75) is 25.3 Å². The maximum Gasteiger partial charge on any atom is 0.404 e. The number of oxazole rings is 1. The highest BCUT2D eigenvalue weighted by molar-refractivity contribution is 5.76. The highest BCUT2D eigenvalue weighted by atomic mass is 19.3. The Kier molecular flexibility index (Phi) is 5.15. The van der Waals surface area contributed by atoms with Crippen LogP contribution < -0.4 is 14.8 Å². The third-order valence-electron chi connectivity index (χ3n) is 4.61. The fraction of sp³-hybridized carbons (Fsp3) is 0.350. The number of carbonyl (C=O) groups is 1. The van der Waals surface area contributed by atoms with Crippen molar-refractivity contribution in [2.75, 3.05) is 13.2 Å². The number of aromatic nitrogens is 2. The summed E-state index contributed by atoms with van der Waals surface area (Å²) in [5, 5.41) is 11.0. The van der Waals surface area contributed by atoms with Crippen LogP contribution in [0, 0.1) is 5.92 Å². The first-order valence-corrected chi connectivity index (χ1v) is 9.30. The Morgan fingerprint density at radius 2 is 2.10 bits per heavy atom. The monoisotopic (exact) mass is 419 g/mol. The molecule has 158 valence electrons. The molecule has 0 bridgehead atoms. The molecule has 0 spiro atoms. The van der Waals surface area contributed by atoms with Crippen LogP contribution >= 0.6 is 0 Å². The van der Waals surface area contributed by atoms with Crippen molar-refractivity contribution in [1.29, 1.82) is 0 Å². The molecule has 1 amide bonds. The molecule has 10 heteroatoms. The summed E-state index contributed by atoms with van der Waals surface area (Å²) in [5.74, 6) is -2.16. The molecule has 8 nitrogen and oxygen atoms in total. The number of hydrogen-bond donors (Lipinski definition) is 2. The smallest absolute Gasteiger partial charge is 0.404 e. The van der Waals surface area contributed by atoms with Gasteiger partial charge in [-0.05, 0) is 31.2 Å². The van der Waals surface area contributed by atoms with Gasteiger partial charge in [0.2, 0.25) is 11.8 Å². The fourth-order valence-corrected chi connectivity index (χ4v) is 2.82. The Balaban J connectivity index is 1.40. The summed E-state index contributed by atoms with van der Waals surface area (Å²) >= 11 is 0. The Hall–Kier alpha value is -3.43. The normalized spacial score (nSPS) is 18.0. The first-order chi connectivity index (χ1) is 14.3. The second kappa shape index (κ2) is 7.77. The van der Waals surface area contributed by atoms with Crippen LogP contribution in [-0.4, -0.2) is 46.3 Å². The van der Waals surface area contributed by atoms with Crippen LogP contribution in [0.4, 0.5) is 13.6 Å². The van der Waals surface area contributed by atoms with Gasteiger partial charge in [-0.25, -0.2) is 23.5 Å². The highest BCUT2D eigenvalue weighted by Gasteiger charge is 2.57. The molecule has 1 aliphatic carbocycles. The number of alkyl halides is 2. The van der Waals surface area contributed by atoms with Gasteiger partial charge in [0.25, 0.3) is 5.92 Å². The molecule has 3 aromatic rings. The molecular formula is C20H19F2N3O5. The molecule has 1 aliphatic rings. The number of nitrogens with one attached hydrogen (secondary N) is 1. The van der Waals surface area contributed by atoms with Gasteiger partial charge in [0.15, 0.2) is 5.58 Å². The quantitative estimate of drug-likeness (QED) is 0.569. The molecule has 0 unspecified atom stereocenters. The minimum Gasteiger partial charge on any atom is -0.493 e. The summed E-state index contributed by atoms with van der Waals surface area (Å²) in [4.78, 5) is 19.1. The molecule has 2 aromatic heterocycles. The van der Waals surface area contributed by atoms with E-state index in [1.165, 1.54) is 6.20 Å². The number of halogens is 2. The zero-order valence-electron chi connectivity index (χ0n) is 16.0. The number of pyridine rings is 1. The lowest BCUT2D eigenvalue weighted by atomic mass is 10.2. The zero-order valence-corrected chi connectivity index (χ0v) is 16.0. The topological polar surface area (TPSA) is 107 Å². The lowest BCUT2D eigenvalue weighted by Gasteiger charge is -2.11. The van der Waals surface area contributed by atoms with E-state index in [9.17, 15) is 13.6 Å². The van der Waals surface area contributed by atoms with Crippen LogP contribution in [0.25, 0.3) is 22.6 Å². The van der Waals surface area contributed by atoms with Gasteiger partial charge in [0, 0.05) is 18.1 Å². The number of nitrogens with zero attached hydrogens (tertiary/aromatic N) is 2. The Morgan fingerprint density at radius 1 is 1.37 bits per heavy atom. The van der Waals surface area contributed by atoms with Gasteiger partial charge in [0.1, 0.15) is 17.9 Å². The average Bonchev–Trinajstić information content (AvgIpc) is 3.10. The molecule has 30 heavy (non-hydrogen) atoms. The maximum absolute atomic E-state index is 12.9. The van der Waals surface area contributed by atoms with Gasteiger partial charge in [-0.3, -0.25) is 0 Å². The van der Waals surface area contributed by atoms with Crippen molar-refractivity contribution >= 4 is 17.2 Å². The first-order valence-electron chi connectivity index (χ1n) is 9.30. The Morgan fingerprint density at radius 3 is 2.77 bits per heavy atom. The summed E-state index contributed by atoms with van der Waals surface area (Å²) in [6.07, 6.45) is 0.249. The zero-order chi connectivity index (χ0) is 21.3. The second-order valence-corrected chi connectivity index (χ2v) is 7.17. The van der Waals surface area contributed by atoms with Crippen LogP contribution in [0.3, 0.4) is 0 Å². The Labute approximate surface area is 169 Å². The summed E-state index contributed by atoms with van der Waals surface area (Å²) in [6.45, 7) is 1.77. The molecule has 1 aromatic carbocycles. The molecule has 4 rings (SSSR count). The van der Waals surface area contributed by atoms with Crippen molar-refractivity contribution in [3.05, 3.63) is 36.5 Å². The van der Waals surface area contributed by atoms with Crippen LogP contribution in [0.5, 0.6) is 11.6 Å². The van der Waals surface area contributed by atoms with Gasteiger partial charge in [-0.2, -0.15) is 0 Å². The number of benzene rings is 1. The maximum atomic E-state index is 12.9. The molecule has 0 saturated heterocycles. The fourth-order valence-electron chi connectivity index (χ4n) is 2.82. The van der Waals surface area contributed by atoms with Gasteiger partial charge >= 0.3 is 6.09 Å². The van der Waals surface area contributed by atoms with E-state index in [1.54, 1.807) is 37.3 Å². The largest absolute Gasteiger partial charge is 0.493 e. The predicted octanol–water partition coefficient (Wildman–Crippen LogP) is 3.96. The highest BCUT2D eigenvalue weighted by Crippen LogP contribution is 2.48. The van der Waals surface area contributed by atoms with Crippen LogP contribution in [-0.2, 0) is 0 Å². The van der Waals surface area contributed by atoms with E-state index in [0.717, 1.165) is 0 Å². The minimum atomic E-state index is -2.60. The third kappa shape index (κ3) is 4.58. The first kappa shape index (κ1) is 19.9. The molecule has 0 radical (unpaired) electrons. The molecular weight excluding hydrogens is 400 g/mol. The van der Waals surface area contributed by atoms with Crippen LogP contribution in [0.1, 0.15) is 13.3 Å². The second-order valence-electron chi connectivity index (χ2n) is 7.17. The van der Waals surface area contributed by atoms with E-state index in [4.69, 9.17) is 19.0 Å². The van der Waals surface area contributed by atoms with Crippen LogP contribution in [0.15, 0.2) is 40.9 Å². The molecule has 0 aliphatic heterocycles. The summed E-state index contributed by atoms with van der Waals surface area (Å²) < 4.78 is 42.5. The van der Waals surface area contributed by atoms with Crippen molar-refractivity contribution in [1.82, 2.24) is 15.3 Å². The number of amides is 1. The number of rotatable bonds is 8.